The van der Waals surface area contributed by atoms with Crippen LogP contribution in [0, 0.1) is 5.41 Å². The van der Waals surface area contributed by atoms with Crippen molar-refractivity contribution in [2.24, 2.45) is 0 Å². The molecule has 0 saturated carbocycles. The minimum atomic E-state index is 0.435. The molecule has 2 nitrogen and oxygen atoms in total. The molecular weight excluding hydrogens is 184 g/mol. The van der Waals surface area contributed by atoms with Gasteiger partial charge < -0.3 is 11.1 Å². The number of hydrogen-bond acceptors (Lipinski definition) is 2. The highest BCUT2D eigenvalue weighted by molar-refractivity contribution is 6.31. The highest BCUT2D eigenvalue weighted by Crippen LogP contribution is 2.17. The molecule has 0 saturated heterocycles. The Morgan fingerprint density at radius 2 is 1.92 bits per heavy atom. The summed E-state index contributed by atoms with van der Waals surface area (Å²) >= 11 is 5.71. The van der Waals surface area contributed by atoms with Crippen molar-refractivity contribution in [3.8, 4) is 0 Å². The number of hydrogen-bond donors (Lipinski definition) is 2. The van der Waals surface area contributed by atoms with Gasteiger partial charge in [-0.25, -0.2) is 0 Å². The normalized spacial score (nSPS) is 8.62. The van der Waals surface area contributed by atoms with E-state index in [1.807, 2.05) is 13.8 Å². The molecule has 0 atom stereocenters. The van der Waals surface area contributed by atoms with E-state index in [9.17, 15) is 0 Å². The molecule has 0 spiro atoms. The highest BCUT2D eigenvalue weighted by atomic mass is 35.5. The van der Waals surface area contributed by atoms with E-state index in [4.69, 9.17) is 22.7 Å². The molecule has 0 amide bonds. The topological polar surface area (TPSA) is 49.9 Å². The van der Waals surface area contributed by atoms with Crippen LogP contribution in [0.15, 0.2) is 18.2 Å². The fraction of sp³-hybridized carbons (Fsp3) is 0.300. The lowest BCUT2D eigenvalue weighted by Gasteiger charge is -2.02. The molecule has 0 heterocycles. The SMILES string of the molecule is CC.CC(=N)c1cc(Cl)ccc1N. The smallest absolute Gasteiger partial charge is 0.0414 e. The van der Waals surface area contributed by atoms with Crippen LogP contribution in [0.5, 0.6) is 0 Å². The molecule has 72 valence electrons. The van der Waals surface area contributed by atoms with Gasteiger partial charge in [0, 0.05) is 22.0 Å². The summed E-state index contributed by atoms with van der Waals surface area (Å²) < 4.78 is 0. The number of anilines is 1. The monoisotopic (exact) mass is 198 g/mol. The quantitative estimate of drug-likeness (QED) is 0.528. The third-order valence-corrected chi connectivity index (χ3v) is 1.65. The van der Waals surface area contributed by atoms with Gasteiger partial charge in [-0.3, -0.25) is 0 Å². The Hall–Kier alpha value is -1.02. The Balaban J connectivity index is 0.000000671. The zero-order chi connectivity index (χ0) is 10.4. The van der Waals surface area contributed by atoms with Crippen molar-refractivity contribution < 1.29 is 0 Å². The third kappa shape index (κ3) is 3.47. The zero-order valence-corrected chi connectivity index (χ0v) is 8.94. The average Bonchev–Trinajstić information content (AvgIpc) is 2.12. The summed E-state index contributed by atoms with van der Waals surface area (Å²) in [5.74, 6) is 0. The third-order valence-electron chi connectivity index (χ3n) is 1.42. The lowest BCUT2D eigenvalue weighted by Crippen LogP contribution is -1.98. The lowest BCUT2D eigenvalue weighted by atomic mass is 10.1. The summed E-state index contributed by atoms with van der Waals surface area (Å²) in [6.07, 6.45) is 0. The van der Waals surface area contributed by atoms with Gasteiger partial charge in [0.1, 0.15) is 0 Å². The molecule has 1 aromatic carbocycles. The molecular formula is C10H15ClN2. The average molecular weight is 199 g/mol. The molecule has 1 aromatic rings. The summed E-state index contributed by atoms with van der Waals surface area (Å²) in [6, 6.07) is 5.11. The van der Waals surface area contributed by atoms with E-state index in [1.165, 1.54) is 0 Å². The van der Waals surface area contributed by atoms with E-state index < -0.39 is 0 Å². The fourth-order valence-electron chi connectivity index (χ4n) is 0.853. The van der Waals surface area contributed by atoms with Crippen molar-refractivity contribution >= 4 is 23.0 Å². The second-order valence-electron chi connectivity index (χ2n) is 2.36. The minimum Gasteiger partial charge on any atom is -0.398 e. The number of rotatable bonds is 1. The van der Waals surface area contributed by atoms with Gasteiger partial charge >= 0.3 is 0 Å². The first-order chi connectivity index (χ1) is 6.11. The van der Waals surface area contributed by atoms with Gasteiger partial charge in [0.15, 0.2) is 0 Å². The summed E-state index contributed by atoms with van der Waals surface area (Å²) in [5.41, 5.74) is 7.33. The molecule has 3 N–H and O–H groups in total. The first-order valence-corrected chi connectivity index (χ1v) is 4.59. The standard InChI is InChI=1S/C8H9ClN2.C2H6/c1-5(10)7-4-6(9)2-3-8(7)11;1-2/h2-4,10H,11H2,1H3;1-2H3. The minimum absolute atomic E-state index is 0.435. The fourth-order valence-corrected chi connectivity index (χ4v) is 1.03. The second-order valence-corrected chi connectivity index (χ2v) is 2.79. The number of halogens is 1. The van der Waals surface area contributed by atoms with E-state index in [0.717, 1.165) is 0 Å². The van der Waals surface area contributed by atoms with Gasteiger partial charge in [-0.1, -0.05) is 25.4 Å². The van der Waals surface area contributed by atoms with Crippen LogP contribution in [-0.2, 0) is 0 Å². The number of nitrogen functional groups attached to an aromatic ring is 1. The first kappa shape index (κ1) is 12.0. The van der Waals surface area contributed by atoms with Gasteiger partial charge in [-0.2, -0.15) is 0 Å². The van der Waals surface area contributed by atoms with Crippen molar-refractivity contribution in [1.29, 1.82) is 5.41 Å². The zero-order valence-electron chi connectivity index (χ0n) is 8.19. The molecule has 13 heavy (non-hydrogen) atoms. The van der Waals surface area contributed by atoms with Crippen molar-refractivity contribution in [2.45, 2.75) is 20.8 Å². The van der Waals surface area contributed by atoms with Crippen LogP contribution in [0.4, 0.5) is 5.69 Å². The molecule has 0 aliphatic heterocycles. The van der Waals surface area contributed by atoms with Gasteiger partial charge in [0.05, 0.1) is 0 Å². The van der Waals surface area contributed by atoms with E-state index in [1.54, 1.807) is 25.1 Å². The Kier molecular flexibility index (Phi) is 5.16. The summed E-state index contributed by atoms with van der Waals surface area (Å²) in [6.45, 7) is 5.68. The molecule has 0 unspecified atom stereocenters. The van der Waals surface area contributed by atoms with Crippen LogP contribution >= 0.6 is 11.6 Å². The maximum Gasteiger partial charge on any atom is 0.0414 e. The van der Waals surface area contributed by atoms with Gasteiger partial charge in [0.25, 0.3) is 0 Å². The molecule has 0 aromatic heterocycles. The Morgan fingerprint density at radius 3 is 2.31 bits per heavy atom. The van der Waals surface area contributed by atoms with Crippen LogP contribution in [0.3, 0.4) is 0 Å². The van der Waals surface area contributed by atoms with E-state index in [-0.39, 0.29) is 0 Å². The van der Waals surface area contributed by atoms with Crippen LogP contribution in [0.1, 0.15) is 26.3 Å². The van der Waals surface area contributed by atoms with Crippen LogP contribution in [0.2, 0.25) is 5.02 Å². The molecule has 3 heteroatoms. The van der Waals surface area contributed by atoms with Gasteiger partial charge in [-0.15, -0.1) is 0 Å². The predicted octanol–water partition coefficient (Wildman–Crippen LogP) is 3.34. The molecule has 0 aliphatic carbocycles. The van der Waals surface area contributed by atoms with E-state index in [0.29, 0.717) is 22.0 Å². The maximum atomic E-state index is 7.33. The van der Waals surface area contributed by atoms with E-state index >= 15 is 0 Å². The summed E-state index contributed by atoms with van der Waals surface area (Å²) in [4.78, 5) is 0. The molecule has 0 fully saturated rings. The van der Waals surface area contributed by atoms with E-state index in [2.05, 4.69) is 0 Å². The van der Waals surface area contributed by atoms with Crippen LogP contribution in [-0.4, -0.2) is 5.71 Å². The van der Waals surface area contributed by atoms with Crippen molar-refractivity contribution in [3.63, 3.8) is 0 Å². The lowest BCUT2D eigenvalue weighted by molar-refractivity contribution is 1.46. The number of benzene rings is 1. The van der Waals surface area contributed by atoms with Crippen LogP contribution < -0.4 is 5.73 Å². The Labute approximate surface area is 84.2 Å². The Bertz CT molecular complexity index is 295. The van der Waals surface area contributed by atoms with Crippen LogP contribution in [0.25, 0.3) is 0 Å². The first-order valence-electron chi connectivity index (χ1n) is 4.22. The highest BCUT2D eigenvalue weighted by Gasteiger charge is 2.00. The second kappa shape index (κ2) is 5.60. The molecule has 1 rings (SSSR count). The predicted molar refractivity (Wildman–Crippen MR) is 59.7 cm³/mol. The summed E-state index contributed by atoms with van der Waals surface area (Å²) in [7, 11) is 0. The van der Waals surface area contributed by atoms with Crippen molar-refractivity contribution in [3.05, 3.63) is 28.8 Å². The number of nitrogens with two attached hydrogens (primary N) is 1. The van der Waals surface area contributed by atoms with Crippen molar-refractivity contribution in [2.75, 3.05) is 5.73 Å². The van der Waals surface area contributed by atoms with Gasteiger partial charge in [-0.05, 0) is 25.1 Å². The molecule has 0 radical (unpaired) electrons. The maximum absolute atomic E-state index is 7.33. The summed E-state index contributed by atoms with van der Waals surface area (Å²) in [5, 5.41) is 7.95. The van der Waals surface area contributed by atoms with Gasteiger partial charge in [0.2, 0.25) is 0 Å². The number of nitrogens with one attached hydrogen (secondary N) is 1. The Morgan fingerprint density at radius 1 is 1.38 bits per heavy atom. The molecule has 0 bridgehead atoms. The van der Waals surface area contributed by atoms with Crippen molar-refractivity contribution in [1.82, 2.24) is 0 Å². The molecule has 0 aliphatic rings. The largest absolute Gasteiger partial charge is 0.398 e.